The van der Waals surface area contributed by atoms with E-state index >= 15 is 0 Å². The molecule has 17 heavy (non-hydrogen) atoms. The van der Waals surface area contributed by atoms with Gasteiger partial charge in [-0.15, -0.1) is 0 Å². The third-order valence-electron chi connectivity index (χ3n) is 2.94. The van der Waals surface area contributed by atoms with Gasteiger partial charge in [-0.1, -0.05) is 20.8 Å². The molecule has 0 spiro atoms. The van der Waals surface area contributed by atoms with Crippen molar-refractivity contribution in [1.82, 2.24) is 10.2 Å². The number of piperazine rings is 1. The van der Waals surface area contributed by atoms with E-state index in [4.69, 9.17) is 0 Å². The topological polar surface area (TPSA) is 49.4 Å². The first-order valence-electron chi connectivity index (χ1n) is 6.15. The Bertz CT molecular complexity index is 294. The summed E-state index contributed by atoms with van der Waals surface area (Å²) < 4.78 is 0. The molecular formula is C12H22N2O2S. The number of carbonyl (C=O) groups is 2. The second-order valence-electron chi connectivity index (χ2n) is 4.76. The predicted octanol–water partition coefficient (Wildman–Crippen LogP) is 1.11. The van der Waals surface area contributed by atoms with Crippen LogP contribution in [0.25, 0.3) is 0 Å². The van der Waals surface area contributed by atoms with E-state index in [9.17, 15) is 9.59 Å². The molecule has 1 rings (SSSR count). The van der Waals surface area contributed by atoms with Crippen LogP contribution in [-0.4, -0.2) is 46.8 Å². The zero-order valence-corrected chi connectivity index (χ0v) is 11.8. The summed E-state index contributed by atoms with van der Waals surface area (Å²) in [5, 5.41) is 2.77. The first-order valence-corrected chi connectivity index (χ1v) is 7.30. The molecule has 2 atom stereocenters. The standard InChI is InChI=1S/C12H22N2O2S/c1-5-17-7-9(4)14-6-10(15)13-11(8(2)3)12(14)16/h8-9,11H,5-7H2,1-4H3,(H,13,15). The molecule has 2 unspecified atom stereocenters. The highest BCUT2D eigenvalue weighted by molar-refractivity contribution is 7.99. The monoisotopic (exact) mass is 258 g/mol. The van der Waals surface area contributed by atoms with Crippen LogP contribution in [0.1, 0.15) is 27.7 Å². The van der Waals surface area contributed by atoms with E-state index in [1.54, 1.807) is 16.7 Å². The smallest absolute Gasteiger partial charge is 0.246 e. The van der Waals surface area contributed by atoms with Gasteiger partial charge in [0.15, 0.2) is 0 Å². The van der Waals surface area contributed by atoms with Crippen LogP contribution in [-0.2, 0) is 9.59 Å². The van der Waals surface area contributed by atoms with Gasteiger partial charge in [-0.05, 0) is 18.6 Å². The summed E-state index contributed by atoms with van der Waals surface area (Å²) in [6.07, 6.45) is 0. The Labute approximate surface area is 108 Å². The Morgan fingerprint density at radius 2 is 2.06 bits per heavy atom. The van der Waals surface area contributed by atoms with Crippen molar-refractivity contribution in [1.29, 1.82) is 0 Å². The highest BCUT2D eigenvalue weighted by Gasteiger charge is 2.36. The lowest BCUT2D eigenvalue weighted by atomic mass is 10.00. The third kappa shape index (κ3) is 3.63. The van der Waals surface area contributed by atoms with Crippen molar-refractivity contribution in [3.05, 3.63) is 0 Å². The number of hydrogen-bond donors (Lipinski definition) is 1. The van der Waals surface area contributed by atoms with E-state index in [2.05, 4.69) is 12.2 Å². The molecule has 1 saturated heterocycles. The fourth-order valence-corrected chi connectivity index (χ4v) is 2.65. The second kappa shape index (κ2) is 6.28. The van der Waals surface area contributed by atoms with Gasteiger partial charge in [0.1, 0.15) is 6.04 Å². The summed E-state index contributed by atoms with van der Waals surface area (Å²) in [7, 11) is 0. The van der Waals surface area contributed by atoms with Crippen molar-refractivity contribution in [3.8, 4) is 0 Å². The van der Waals surface area contributed by atoms with Crippen LogP contribution in [0.2, 0.25) is 0 Å². The third-order valence-corrected chi connectivity index (χ3v) is 4.07. The molecule has 98 valence electrons. The van der Waals surface area contributed by atoms with Gasteiger partial charge in [-0.2, -0.15) is 11.8 Å². The Balaban J connectivity index is 2.70. The highest BCUT2D eigenvalue weighted by Crippen LogP contribution is 2.16. The number of carbonyl (C=O) groups excluding carboxylic acids is 2. The molecule has 0 aromatic carbocycles. The summed E-state index contributed by atoms with van der Waals surface area (Å²) in [5.74, 6) is 2.08. The zero-order valence-electron chi connectivity index (χ0n) is 11.0. The van der Waals surface area contributed by atoms with Crippen LogP contribution in [0, 0.1) is 5.92 Å². The summed E-state index contributed by atoms with van der Waals surface area (Å²) in [6.45, 7) is 8.22. The van der Waals surface area contributed by atoms with Crippen LogP contribution in [0.15, 0.2) is 0 Å². The number of hydrogen-bond acceptors (Lipinski definition) is 3. The lowest BCUT2D eigenvalue weighted by molar-refractivity contribution is -0.147. The maximum Gasteiger partial charge on any atom is 0.246 e. The Kier molecular flexibility index (Phi) is 5.31. The van der Waals surface area contributed by atoms with Crippen molar-refractivity contribution in [3.63, 3.8) is 0 Å². The van der Waals surface area contributed by atoms with Crippen LogP contribution in [0.4, 0.5) is 0 Å². The van der Waals surface area contributed by atoms with Gasteiger partial charge in [-0.25, -0.2) is 0 Å². The van der Waals surface area contributed by atoms with Crippen molar-refractivity contribution < 1.29 is 9.59 Å². The van der Waals surface area contributed by atoms with E-state index in [0.717, 1.165) is 11.5 Å². The molecule has 5 heteroatoms. The predicted molar refractivity (Wildman–Crippen MR) is 70.9 cm³/mol. The average molecular weight is 258 g/mol. The molecule has 0 saturated carbocycles. The van der Waals surface area contributed by atoms with Gasteiger partial charge in [0.05, 0.1) is 6.54 Å². The van der Waals surface area contributed by atoms with Gasteiger partial charge >= 0.3 is 0 Å². The van der Waals surface area contributed by atoms with E-state index < -0.39 is 0 Å². The molecule has 4 nitrogen and oxygen atoms in total. The van der Waals surface area contributed by atoms with E-state index in [1.807, 2.05) is 20.8 Å². The summed E-state index contributed by atoms with van der Waals surface area (Å²) >= 11 is 1.80. The van der Waals surface area contributed by atoms with Gasteiger partial charge in [0.25, 0.3) is 0 Å². The van der Waals surface area contributed by atoms with Gasteiger partial charge in [-0.3, -0.25) is 9.59 Å². The molecule has 1 fully saturated rings. The van der Waals surface area contributed by atoms with E-state index in [0.29, 0.717) is 0 Å². The minimum atomic E-state index is -0.356. The fraction of sp³-hybridized carbons (Fsp3) is 0.833. The Hall–Kier alpha value is -0.710. The molecule has 0 bridgehead atoms. The number of rotatable bonds is 5. The summed E-state index contributed by atoms with van der Waals surface area (Å²) in [5.41, 5.74) is 0. The van der Waals surface area contributed by atoms with Crippen LogP contribution in [0.5, 0.6) is 0 Å². The number of nitrogens with zero attached hydrogens (tertiary/aromatic N) is 1. The molecule has 1 heterocycles. The van der Waals surface area contributed by atoms with Crippen molar-refractivity contribution in [2.75, 3.05) is 18.1 Å². The van der Waals surface area contributed by atoms with E-state index in [-0.39, 0.29) is 36.4 Å². The van der Waals surface area contributed by atoms with Crippen molar-refractivity contribution in [2.45, 2.75) is 39.8 Å². The summed E-state index contributed by atoms with van der Waals surface area (Å²) in [4.78, 5) is 25.5. The van der Waals surface area contributed by atoms with Crippen molar-refractivity contribution in [2.24, 2.45) is 5.92 Å². The number of thioether (sulfide) groups is 1. The molecule has 0 aromatic rings. The van der Waals surface area contributed by atoms with E-state index in [1.165, 1.54) is 0 Å². The van der Waals surface area contributed by atoms with Gasteiger partial charge in [0.2, 0.25) is 11.8 Å². The SMILES string of the molecule is CCSCC(C)N1CC(=O)NC(C(C)C)C1=O. The zero-order chi connectivity index (χ0) is 13.0. The number of nitrogens with one attached hydrogen (secondary N) is 1. The average Bonchev–Trinajstić information content (AvgIpc) is 2.28. The quantitative estimate of drug-likeness (QED) is 0.803. The van der Waals surface area contributed by atoms with Crippen LogP contribution in [0.3, 0.4) is 0 Å². The molecule has 0 aromatic heterocycles. The number of amides is 2. The fourth-order valence-electron chi connectivity index (χ4n) is 1.90. The molecule has 1 aliphatic rings. The molecule has 0 radical (unpaired) electrons. The molecule has 1 aliphatic heterocycles. The lowest BCUT2D eigenvalue weighted by Gasteiger charge is -2.37. The van der Waals surface area contributed by atoms with Gasteiger partial charge in [0, 0.05) is 11.8 Å². The highest BCUT2D eigenvalue weighted by atomic mass is 32.2. The maximum absolute atomic E-state index is 12.2. The second-order valence-corrected chi connectivity index (χ2v) is 6.08. The molecule has 2 amide bonds. The van der Waals surface area contributed by atoms with Crippen molar-refractivity contribution >= 4 is 23.6 Å². The van der Waals surface area contributed by atoms with Crippen LogP contribution >= 0.6 is 11.8 Å². The lowest BCUT2D eigenvalue weighted by Crippen LogP contribution is -2.62. The maximum atomic E-state index is 12.2. The first kappa shape index (κ1) is 14.4. The molecule has 1 N–H and O–H groups in total. The summed E-state index contributed by atoms with van der Waals surface area (Å²) in [6, 6.07) is -0.231. The largest absolute Gasteiger partial charge is 0.343 e. The first-order chi connectivity index (χ1) is 7.97. The van der Waals surface area contributed by atoms with Gasteiger partial charge < -0.3 is 10.2 Å². The Morgan fingerprint density at radius 3 is 2.59 bits per heavy atom. The molecule has 0 aliphatic carbocycles. The molecular weight excluding hydrogens is 236 g/mol. The minimum Gasteiger partial charge on any atom is -0.343 e. The van der Waals surface area contributed by atoms with Crippen LogP contribution < -0.4 is 5.32 Å². The minimum absolute atomic E-state index is 0.0448. The normalized spacial score (nSPS) is 22.9. The Morgan fingerprint density at radius 1 is 1.41 bits per heavy atom.